The summed E-state index contributed by atoms with van der Waals surface area (Å²) in [4.78, 5) is -0.0532. The highest BCUT2D eigenvalue weighted by molar-refractivity contribution is 7.86. The van der Waals surface area contributed by atoms with Crippen LogP contribution in [0.15, 0.2) is 47.4 Å². The minimum Gasteiger partial charge on any atom is -0.282 e. The second-order valence-electron chi connectivity index (χ2n) is 2.95. The monoisotopic (exact) mass is 208 g/mol. The number of hydrogen-bond donors (Lipinski definition) is 1. The Kier molecular flexibility index (Phi) is 2.02. The smallest absolute Gasteiger partial charge is 0.282 e. The molecule has 0 fully saturated rings. The van der Waals surface area contributed by atoms with Crippen molar-refractivity contribution >= 4 is 10.1 Å². The quantitative estimate of drug-likeness (QED) is 0.729. The van der Waals surface area contributed by atoms with Crippen molar-refractivity contribution in [2.75, 3.05) is 0 Å². The van der Waals surface area contributed by atoms with Crippen LogP contribution in [0.3, 0.4) is 0 Å². The average Bonchev–Trinajstić information content (AvgIpc) is 2.42. The second-order valence-corrected chi connectivity index (χ2v) is 4.34. The molecular formula is C10H8O3S. The molecule has 0 radical (unpaired) electrons. The van der Waals surface area contributed by atoms with Gasteiger partial charge in [0.05, 0.1) is 0 Å². The Hall–Kier alpha value is -1.39. The molecule has 0 saturated carbocycles. The summed E-state index contributed by atoms with van der Waals surface area (Å²) in [6.07, 6.45) is 0. The molecule has 0 aliphatic heterocycles. The Morgan fingerprint density at radius 2 is 1.57 bits per heavy atom. The van der Waals surface area contributed by atoms with Crippen molar-refractivity contribution in [3.05, 3.63) is 42.5 Å². The summed E-state index contributed by atoms with van der Waals surface area (Å²) in [5.41, 5.74) is 1.33. The topological polar surface area (TPSA) is 54.4 Å². The molecule has 0 unspecified atom stereocenters. The first-order valence-corrected chi connectivity index (χ1v) is 5.48. The zero-order valence-corrected chi connectivity index (χ0v) is 8.03. The van der Waals surface area contributed by atoms with Crippen LogP contribution in [0.1, 0.15) is 0 Å². The highest BCUT2D eigenvalue weighted by Crippen LogP contribution is 2.28. The van der Waals surface area contributed by atoms with E-state index in [1.165, 1.54) is 6.07 Å². The molecule has 2 rings (SSSR count). The van der Waals surface area contributed by atoms with E-state index in [-0.39, 0.29) is 4.90 Å². The molecule has 0 amide bonds. The van der Waals surface area contributed by atoms with Crippen LogP contribution in [0.2, 0.25) is 0 Å². The Labute approximate surface area is 82.1 Å². The zero-order valence-electron chi connectivity index (χ0n) is 7.21. The summed E-state index contributed by atoms with van der Waals surface area (Å²) < 4.78 is 31.1. The summed E-state index contributed by atoms with van der Waals surface area (Å²) in [5.74, 6) is 0. The lowest BCUT2D eigenvalue weighted by Crippen LogP contribution is -1.98. The molecule has 2 aliphatic carbocycles. The third-order valence-electron chi connectivity index (χ3n) is 2.03. The summed E-state index contributed by atoms with van der Waals surface area (Å²) >= 11 is 0. The highest BCUT2D eigenvalue weighted by Gasteiger charge is 2.15. The molecule has 1 N–H and O–H groups in total. The molecule has 0 saturated heterocycles. The number of rotatable bonds is 1. The van der Waals surface area contributed by atoms with Crippen molar-refractivity contribution in [1.82, 2.24) is 0 Å². The maximum atomic E-state index is 11.0. The van der Waals surface area contributed by atoms with E-state index in [4.69, 9.17) is 4.55 Å². The lowest BCUT2D eigenvalue weighted by molar-refractivity contribution is 0.483. The van der Waals surface area contributed by atoms with Gasteiger partial charge in [0.2, 0.25) is 0 Å². The minimum absolute atomic E-state index is 0.0532. The molecule has 4 heteroatoms. The van der Waals surface area contributed by atoms with Crippen LogP contribution >= 0.6 is 0 Å². The van der Waals surface area contributed by atoms with Crippen molar-refractivity contribution in [3.63, 3.8) is 0 Å². The first kappa shape index (κ1) is 9.18. The highest BCUT2D eigenvalue weighted by atomic mass is 32.2. The normalized spacial score (nSPS) is 11.8. The third-order valence-corrected chi connectivity index (χ3v) is 2.94. The fraction of sp³-hybridized carbons (Fsp3) is 0. The van der Waals surface area contributed by atoms with Crippen molar-refractivity contribution in [2.24, 2.45) is 0 Å². The third kappa shape index (κ3) is 1.49. The molecule has 2 aliphatic rings. The molecule has 3 nitrogen and oxygen atoms in total. The van der Waals surface area contributed by atoms with Gasteiger partial charge in [0.1, 0.15) is 4.90 Å². The van der Waals surface area contributed by atoms with E-state index in [1.54, 1.807) is 36.4 Å². The van der Waals surface area contributed by atoms with Gasteiger partial charge in [0, 0.05) is 5.56 Å². The van der Waals surface area contributed by atoms with E-state index in [0.717, 1.165) is 5.56 Å². The van der Waals surface area contributed by atoms with Crippen LogP contribution in [0.5, 0.6) is 0 Å². The largest absolute Gasteiger partial charge is 0.295 e. The SMILES string of the molecule is O=S(=O)(O)c1ccccc2cccc1-2. The predicted molar refractivity (Wildman–Crippen MR) is 52.9 cm³/mol. The van der Waals surface area contributed by atoms with E-state index < -0.39 is 10.1 Å². The number of fused-ring (bicyclic) bond motifs is 1. The van der Waals surface area contributed by atoms with Crippen LogP contribution in [0.4, 0.5) is 0 Å². The zero-order chi connectivity index (χ0) is 10.2. The Morgan fingerprint density at radius 1 is 0.929 bits per heavy atom. The first-order chi connectivity index (χ1) is 6.59. The van der Waals surface area contributed by atoms with Crippen molar-refractivity contribution in [1.29, 1.82) is 0 Å². The molecule has 0 aromatic carbocycles. The summed E-state index contributed by atoms with van der Waals surface area (Å²) in [6, 6.07) is 11.7. The van der Waals surface area contributed by atoms with Gasteiger partial charge < -0.3 is 0 Å². The molecule has 0 aromatic rings. The molecular weight excluding hydrogens is 200 g/mol. The summed E-state index contributed by atoms with van der Waals surface area (Å²) in [7, 11) is -4.14. The van der Waals surface area contributed by atoms with E-state index in [1.807, 2.05) is 0 Å². The van der Waals surface area contributed by atoms with E-state index in [2.05, 4.69) is 0 Å². The van der Waals surface area contributed by atoms with Gasteiger partial charge in [-0.05, 0) is 11.6 Å². The van der Waals surface area contributed by atoms with Crippen molar-refractivity contribution in [2.45, 2.75) is 4.90 Å². The van der Waals surface area contributed by atoms with Crippen LogP contribution in [-0.2, 0) is 10.1 Å². The Morgan fingerprint density at radius 3 is 2.29 bits per heavy atom. The van der Waals surface area contributed by atoms with Crippen LogP contribution in [0.25, 0.3) is 11.1 Å². The van der Waals surface area contributed by atoms with Crippen molar-refractivity contribution < 1.29 is 13.0 Å². The molecule has 0 heterocycles. The number of hydrogen-bond acceptors (Lipinski definition) is 2. The summed E-state index contributed by atoms with van der Waals surface area (Å²) in [6.45, 7) is 0. The predicted octanol–water partition coefficient (Wildman–Crippen LogP) is 2.04. The lowest BCUT2D eigenvalue weighted by atomic mass is 10.2. The molecule has 14 heavy (non-hydrogen) atoms. The van der Waals surface area contributed by atoms with Crippen LogP contribution in [0, 0.1) is 0 Å². The van der Waals surface area contributed by atoms with Gasteiger partial charge >= 0.3 is 0 Å². The van der Waals surface area contributed by atoms with Gasteiger partial charge in [-0.3, -0.25) is 4.55 Å². The van der Waals surface area contributed by atoms with E-state index >= 15 is 0 Å². The summed E-state index contributed by atoms with van der Waals surface area (Å²) in [5, 5.41) is 0. The van der Waals surface area contributed by atoms with Gasteiger partial charge in [-0.25, -0.2) is 0 Å². The maximum Gasteiger partial charge on any atom is 0.295 e. The van der Waals surface area contributed by atoms with Crippen molar-refractivity contribution in [3.8, 4) is 11.1 Å². The molecule has 0 bridgehead atoms. The fourth-order valence-corrected chi connectivity index (χ4v) is 2.13. The fourth-order valence-electron chi connectivity index (χ4n) is 1.42. The molecule has 0 spiro atoms. The molecule has 72 valence electrons. The van der Waals surface area contributed by atoms with E-state index in [0.29, 0.717) is 5.56 Å². The molecule has 0 atom stereocenters. The second kappa shape index (κ2) is 3.08. The Bertz CT molecular complexity index is 531. The average molecular weight is 208 g/mol. The Balaban J connectivity index is 2.83. The van der Waals surface area contributed by atoms with Gasteiger partial charge in [-0.2, -0.15) is 8.42 Å². The van der Waals surface area contributed by atoms with Gasteiger partial charge in [-0.1, -0.05) is 36.4 Å². The molecule has 0 aromatic heterocycles. The van der Waals surface area contributed by atoms with E-state index in [9.17, 15) is 8.42 Å². The maximum absolute atomic E-state index is 11.0. The van der Waals surface area contributed by atoms with Gasteiger partial charge in [0.25, 0.3) is 10.1 Å². The first-order valence-electron chi connectivity index (χ1n) is 4.04. The van der Waals surface area contributed by atoms with Gasteiger partial charge in [0.15, 0.2) is 0 Å². The van der Waals surface area contributed by atoms with Crippen LogP contribution < -0.4 is 0 Å². The van der Waals surface area contributed by atoms with Crippen LogP contribution in [-0.4, -0.2) is 13.0 Å². The lowest BCUT2D eigenvalue weighted by Gasteiger charge is -1.98. The van der Waals surface area contributed by atoms with Gasteiger partial charge in [-0.15, -0.1) is 0 Å². The minimum atomic E-state index is -4.14. The standard InChI is InChI=1S/C10H8O3S/c11-14(12,13)10-7-2-1-4-8-5-3-6-9(8)10/h1-7H,(H,11,12,13).